The van der Waals surface area contributed by atoms with E-state index in [1.54, 1.807) is 19.1 Å². The van der Waals surface area contributed by atoms with Gasteiger partial charge in [-0.3, -0.25) is 4.79 Å². The Morgan fingerprint density at radius 3 is 2.94 bits per heavy atom. The van der Waals surface area contributed by atoms with Crippen molar-refractivity contribution in [2.75, 3.05) is 11.4 Å². The molecule has 3 nitrogen and oxygen atoms in total. The number of nitrogens with zero attached hydrogens (tertiary/aromatic N) is 1. The summed E-state index contributed by atoms with van der Waals surface area (Å²) < 4.78 is 13.2. The normalized spacial score (nSPS) is 19.7. The van der Waals surface area contributed by atoms with E-state index in [1.807, 2.05) is 6.92 Å². The van der Waals surface area contributed by atoms with E-state index in [-0.39, 0.29) is 17.8 Å². The standard InChI is InChI=1S/C14H18FNO2/c1-3-16-12(6-9(2)14(17)18)8-10-7-11(15)4-5-13(10)16/h4-5,7,9,12H,3,6,8H2,1-2H3,(H,17,18). The molecule has 0 bridgehead atoms. The monoisotopic (exact) mass is 251 g/mol. The van der Waals surface area contributed by atoms with Gasteiger partial charge in [0.1, 0.15) is 5.82 Å². The first kappa shape index (κ1) is 12.9. The Morgan fingerprint density at radius 1 is 1.61 bits per heavy atom. The Labute approximate surface area is 106 Å². The van der Waals surface area contributed by atoms with Crippen LogP contribution in [0.4, 0.5) is 10.1 Å². The van der Waals surface area contributed by atoms with Crippen LogP contribution >= 0.6 is 0 Å². The average molecular weight is 251 g/mol. The van der Waals surface area contributed by atoms with Crippen molar-refractivity contribution in [2.45, 2.75) is 32.7 Å². The first-order chi connectivity index (χ1) is 8.52. The summed E-state index contributed by atoms with van der Waals surface area (Å²) in [5.41, 5.74) is 2.03. The molecule has 98 valence electrons. The Bertz CT molecular complexity index is 461. The van der Waals surface area contributed by atoms with Crippen LogP contribution in [0.2, 0.25) is 0 Å². The number of rotatable bonds is 4. The molecule has 18 heavy (non-hydrogen) atoms. The van der Waals surface area contributed by atoms with E-state index in [1.165, 1.54) is 6.07 Å². The van der Waals surface area contributed by atoms with E-state index in [2.05, 4.69) is 4.90 Å². The van der Waals surface area contributed by atoms with Crippen molar-refractivity contribution in [2.24, 2.45) is 5.92 Å². The van der Waals surface area contributed by atoms with Gasteiger partial charge in [-0.15, -0.1) is 0 Å². The number of hydrogen-bond acceptors (Lipinski definition) is 2. The van der Waals surface area contributed by atoms with Crippen LogP contribution in [0.1, 0.15) is 25.8 Å². The first-order valence-electron chi connectivity index (χ1n) is 6.30. The molecular formula is C14H18FNO2. The molecule has 4 heteroatoms. The van der Waals surface area contributed by atoms with Gasteiger partial charge >= 0.3 is 5.97 Å². The van der Waals surface area contributed by atoms with Gasteiger partial charge in [-0.05, 0) is 43.5 Å². The molecule has 1 aliphatic heterocycles. The van der Waals surface area contributed by atoms with Gasteiger partial charge < -0.3 is 10.0 Å². The molecule has 1 aliphatic rings. The van der Waals surface area contributed by atoms with Crippen LogP contribution in [0.3, 0.4) is 0 Å². The highest BCUT2D eigenvalue weighted by atomic mass is 19.1. The van der Waals surface area contributed by atoms with Crippen LogP contribution in [0.15, 0.2) is 18.2 Å². The zero-order chi connectivity index (χ0) is 13.3. The molecule has 0 aliphatic carbocycles. The van der Waals surface area contributed by atoms with E-state index >= 15 is 0 Å². The number of likely N-dealkylation sites (N-methyl/N-ethyl adjacent to an activating group) is 1. The van der Waals surface area contributed by atoms with Crippen LogP contribution in [0, 0.1) is 11.7 Å². The second-order valence-electron chi connectivity index (χ2n) is 4.89. The maximum atomic E-state index is 13.2. The second-order valence-corrected chi connectivity index (χ2v) is 4.89. The zero-order valence-electron chi connectivity index (χ0n) is 10.7. The molecule has 0 saturated carbocycles. The third-order valence-electron chi connectivity index (χ3n) is 3.64. The molecule has 2 unspecified atom stereocenters. The predicted octanol–water partition coefficient (Wildman–Crippen LogP) is 2.69. The number of aliphatic carboxylic acids is 1. The lowest BCUT2D eigenvalue weighted by atomic mass is 9.99. The van der Waals surface area contributed by atoms with E-state index in [4.69, 9.17) is 5.11 Å². The van der Waals surface area contributed by atoms with Crippen LogP contribution < -0.4 is 4.90 Å². The highest BCUT2D eigenvalue weighted by Crippen LogP contribution is 2.34. The molecule has 1 heterocycles. The lowest BCUT2D eigenvalue weighted by molar-refractivity contribution is -0.141. The molecule has 0 radical (unpaired) electrons. The number of carboxylic acids is 1. The topological polar surface area (TPSA) is 40.5 Å². The number of carbonyl (C=O) groups is 1. The molecule has 2 atom stereocenters. The van der Waals surface area contributed by atoms with Gasteiger partial charge in [0.2, 0.25) is 0 Å². The summed E-state index contributed by atoms with van der Waals surface area (Å²) >= 11 is 0. The number of hydrogen-bond donors (Lipinski definition) is 1. The van der Waals surface area contributed by atoms with E-state index in [0.29, 0.717) is 6.42 Å². The lowest BCUT2D eigenvalue weighted by Gasteiger charge is -2.27. The zero-order valence-corrected chi connectivity index (χ0v) is 10.7. The summed E-state index contributed by atoms with van der Waals surface area (Å²) in [4.78, 5) is 13.1. The molecular weight excluding hydrogens is 233 g/mol. The quantitative estimate of drug-likeness (QED) is 0.894. The minimum absolute atomic E-state index is 0.165. The molecule has 0 spiro atoms. The van der Waals surface area contributed by atoms with Crippen molar-refractivity contribution in [3.05, 3.63) is 29.6 Å². The predicted molar refractivity (Wildman–Crippen MR) is 68.3 cm³/mol. The first-order valence-corrected chi connectivity index (χ1v) is 6.30. The van der Waals surface area contributed by atoms with Crippen LogP contribution in [0.5, 0.6) is 0 Å². The van der Waals surface area contributed by atoms with Gasteiger partial charge in [0, 0.05) is 18.3 Å². The van der Waals surface area contributed by atoms with Gasteiger partial charge in [-0.25, -0.2) is 4.39 Å². The van der Waals surface area contributed by atoms with E-state index in [9.17, 15) is 9.18 Å². The molecule has 0 fully saturated rings. The maximum Gasteiger partial charge on any atom is 0.306 e. The summed E-state index contributed by atoms with van der Waals surface area (Å²) in [5.74, 6) is -1.37. The fourth-order valence-electron chi connectivity index (χ4n) is 2.71. The van der Waals surface area contributed by atoms with Crippen LogP contribution in [-0.2, 0) is 11.2 Å². The Morgan fingerprint density at radius 2 is 2.33 bits per heavy atom. The number of anilines is 1. The summed E-state index contributed by atoms with van der Waals surface area (Å²) in [6.07, 6.45) is 1.33. The minimum Gasteiger partial charge on any atom is -0.481 e. The highest BCUT2D eigenvalue weighted by Gasteiger charge is 2.30. The number of fused-ring (bicyclic) bond motifs is 1. The Hall–Kier alpha value is -1.58. The SMILES string of the molecule is CCN1c2ccc(F)cc2CC1CC(C)C(=O)O. The number of benzene rings is 1. The van der Waals surface area contributed by atoms with E-state index in [0.717, 1.165) is 24.2 Å². The van der Waals surface area contributed by atoms with Crippen LogP contribution in [-0.4, -0.2) is 23.7 Å². The number of carboxylic acid groups (broad SMARTS) is 1. The van der Waals surface area contributed by atoms with Crippen molar-refractivity contribution in [1.29, 1.82) is 0 Å². The summed E-state index contributed by atoms with van der Waals surface area (Å²) in [6.45, 7) is 4.58. The highest BCUT2D eigenvalue weighted by molar-refractivity contribution is 5.70. The molecule has 0 aromatic heterocycles. The van der Waals surface area contributed by atoms with Crippen molar-refractivity contribution >= 4 is 11.7 Å². The van der Waals surface area contributed by atoms with Gasteiger partial charge in [-0.2, -0.15) is 0 Å². The summed E-state index contributed by atoms with van der Waals surface area (Å²) in [5, 5.41) is 8.98. The largest absolute Gasteiger partial charge is 0.481 e. The lowest BCUT2D eigenvalue weighted by Crippen LogP contribution is -2.34. The molecule has 0 amide bonds. The summed E-state index contributed by atoms with van der Waals surface area (Å²) in [7, 11) is 0. The number of halogens is 1. The second kappa shape index (κ2) is 4.96. The maximum absolute atomic E-state index is 13.2. The molecule has 2 rings (SSSR count). The van der Waals surface area contributed by atoms with Crippen molar-refractivity contribution in [1.82, 2.24) is 0 Å². The third-order valence-corrected chi connectivity index (χ3v) is 3.64. The van der Waals surface area contributed by atoms with E-state index < -0.39 is 5.97 Å². The Balaban J connectivity index is 2.19. The molecule has 0 saturated heterocycles. The molecule has 1 aromatic rings. The van der Waals surface area contributed by atoms with Gasteiger partial charge in [0.25, 0.3) is 0 Å². The van der Waals surface area contributed by atoms with Crippen LogP contribution in [0.25, 0.3) is 0 Å². The van der Waals surface area contributed by atoms with Crippen molar-refractivity contribution < 1.29 is 14.3 Å². The van der Waals surface area contributed by atoms with Gasteiger partial charge in [-0.1, -0.05) is 6.92 Å². The fourth-order valence-corrected chi connectivity index (χ4v) is 2.71. The smallest absolute Gasteiger partial charge is 0.306 e. The fraction of sp³-hybridized carbons (Fsp3) is 0.500. The van der Waals surface area contributed by atoms with Gasteiger partial charge in [0.15, 0.2) is 0 Å². The minimum atomic E-state index is -0.770. The Kier molecular flexibility index (Phi) is 3.55. The average Bonchev–Trinajstić information content (AvgIpc) is 2.64. The third kappa shape index (κ3) is 2.33. The summed E-state index contributed by atoms with van der Waals surface area (Å²) in [6, 6.07) is 4.98. The molecule has 1 aromatic carbocycles. The van der Waals surface area contributed by atoms with Crippen molar-refractivity contribution in [3.8, 4) is 0 Å². The molecule has 1 N–H and O–H groups in total. The van der Waals surface area contributed by atoms with Crippen molar-refractivity contribution in [3.63, 3.8) is 0 Å². The van der Waals surface area contributed by atoms with Gasteiger partial charge in [0.05, 0.1) is 5.92 Å².